The molecule has 0 fully saturated rings. The molecule has 0 heterocycles. The van der Waals surface area contributed by atoms with Gasteiger partial charge in [-0.3, -0.25) is 0 Å². The van der Waals surface area contributed by atoms with E-state index < -0.39 is 5.54 Å². The van der Waals surface area contributed by atoms with E-state index >= 15 is 0 Å². The highest BCUT2D eigenvalue weighted by Gasteiger charge is 2.28. The second kappa shape index (κ2) is 4.79. The molecule has 4 N–H and O–H groups in total. The summed E-state index contributed by atoms with van der Waals surface area (Å²) in [6.07, 6.45) is 0.667. The number of hydrogen-bond donors (Lipinski definition) is 3. The minimum Gasteiger partial charge on any atom is -0.391 e. The van der Waals surface area contributed by atoms with E-state index in [1.165, 1.54) is 0 Å². The fourth-order valence-electron chi connectivity index (χ4n) is 0.947. The minimum absolute atomic E-state index is 0.250. The lowest BCUT2D eigenvalue weighted by Crippen LogP contribution is -2.59. The molecular weight excluding hydrogens is 210 g/mol. The number of nitrogens with one attached hydrogen (secondary N) is 2. The molecule has 0 aliphatic rings. The van der Waals surface area contributed by atoms with Gasteiger partial charge >= 0.3 is 6.03 Å². The van der Waals surface area contributed by atoms with Crippen molar-refractivity contribution >= 4 is 23.2 Å². The first-order valence-corrected chi connectivity index (χ1v) is 5.42. The summed E-state index contributed by atoms with van der Waals surface area (Å²) in [5.41, 5.74) is 4.69. The van der Waals surface area contributed by atoms with Crippen molar-refractivity contribution in [2.75, 3.05) is 0 Å². The van der Waals surface area contributed by atoms with E-state index in [1.54, 1.807) is 0 Å². The largest absolute Gasteiger partial charge is 0.391 e. The fraction of sp³-hybridized carbons (Fsp3) is 0.800. The summed E-state index contributed by atoms with van der Waals surface area (Å²) in [4.78, 5) is 11.9. The Bertz CT molecular complexity index is 260. The third-order valence-electron chi connectivity index (χ3n) is 2.13. The molecule has 0 saturated carbocycles. The van der Waals surface area contributed by atoms with Crippen LogP contribution in [0, 0.1) is 0 Å². The van der Waals surface area contributed by atoms with Crippen LogP contribution in [-0.2, 0) is 0 Å². The summed E-state index contributed by atoms with van der Waals surface area (Å²) in [5.74, 6) is 0. The molecular formula is C10H21N3OS. The van der Waals surface area contributed by atoms with E-state index in [2.05, 4.69) is 10.6 Å². The van der Waals surface area contributed by atoms with Crippen LogP contribution in [0.1, 0.15) is 41.0 Å². The zero-order valence-corrected chi connectivity index (χ0v) is 10.9. The summed E-state index contributed by atoms with van der Waals surface area (Å²) in [6.45, 7) is 9.48. The average molecular weight is 231 g/mol. The molecule has 15 heavy (non-hydrogen) atoms. The molecule has 0 aliphatic carbocycles. The number of carbonyl (C=O) groups excluding carboxylic acids is 1. The van der Waals surface area contributed by atoms with Gasteiger partial charge in [0, 0.05) is 5.54 Å². The Hall–Kier alpha value is -0.840. The monoisotopic (exact) mass is 231 g/mol. The molecule has 0 bridgehead atoms. The third kappa shape index (κ3) is 4.97. The normalized spacial score (nSPS) is 15.3. The molecule has 0 spiro atoms. The van der Waals surface area contributed by atoms with Gasteiger partial charge in [-0.15, -0.1) is 0 Å². The molecule has 0 aromatic rings. The molecule has 0 rings (SSSR count). The number of thiocarbonyl (C=S) groups is 1. The van der Waals surface area contributed by atoms with Crippen LogP contribution >= 0.6 is 12.2 Å². The first-order valence-electron chi connectivity index (χ1n) is 5.01. The number of rotatable bonds is 3. The zero-order valence-electron chi connectivity index (χ0n) is 10.1. The van der Waals surface area contributed by atoms with E-state index in [0.717, 1.165) is 0 Å². The summed E-state index contributed by atoms with van der Waals surface area (Å²) in [7, 11) is 0. The van der Waals surface area contributed by atoms with E-state index in [1.807, 2.05) is 34.6 Å². The standard InChI is InChI=1S/C10H21N3OS/c1-6-10(5,7(11)15)13-8(14)12-9(2,3)4/h6H2,1-5H3,(H2,11,15)(H2,12,13,14). The molecule has 0 aromatic heterocycles. The van der Waals surface area contributed by atoms with Crippen molar-refractivity contribution in [1.82, 2.24) is 10.6 Å². The molecule has 0 saturated heterocycles. The van der Waals surface area contributed by atoms with Gasteiger partial charge in [0.05, 0.1) is 10.5 Å². The van der Waals surface area contributed by atoms with E-state index in [9.17, 15) is 4.79 Å². The van der Waals surface area contributed by atoms with Gasteiger partial charge in [0.2, 0.25) is 0 Å². The minimum atomic E-state index is -0.620. The summed E-state index contributed by atoms with van der Waals surface area (Å²) >= 11 is 4.92. The maximum atomic E-state index is 11.6. The smallest absolute Gasteiger partial charge is 0.315 e. The van der Waals surface area contributed by atoms with Gasteiger partial charge in [-0.1, -0.05) is 19.1 Å². The van der Waals surface area contributed by atoms with Gasteiger partial charge in [0.25, 0.3) is 0 Å². The predicted octanol–water partition coefficient (Wildman–Crippen LogP) is 1.54. The van der Waals surface area contributed by atoms with Crippen LogP contribution in [0.3, 0.4) is 0 Å². The summed E-state index contributed by atoms with van der Waals surface area (Å²) < 4.78 is 0. The van der Waals surface area contributed by atoms with Crippen molar-refractivity contribution in [2.45, 2.75) is 52.1 Å². The number of hydrogen-bond acceptors (Lipinski definition) is 2. The first-order chi connectivity index (χ1) is 6.60. The van der Waals surface area contributed by atoms with Gasteiger partial charge in [-0.2, -0.15) is 0 Å². The quantitative estimate of drug-likeness (QED) is 0.645. The van der Waals surface area contributed by atoms with Crippen molar-refractivity contribution in [3.8, 4) is 0 Å². The predicted molar refractivity (Wildman–Crippen MR) is 66.9 cm³/mol. The van der Waals surface area contributed by atoms with Crippen LogP contribution in [0.5, 0.6) is 0 Å². The second-order valence-corrected chi connectivity index (χ2v) is 5.32. The Balaban J connectivity index is 4.45. The molecule has 1 unspecified atom stereocenters. The van der Waals surface area contributed by atoms with Crippen LogP contribution in [-0.4, -0.2) is 22.1 Å². The highest BCUT2D eigenvalue weighted by Crippen LogP contribution is 2.09. The van der Waals surface area contributed by atoms with Crippen molar-refractivity contribution in [3.63, 3.8) is 0 Å². The van der Waals surface area contributed by atoms with Gasteiger partial charge in [0.15, 0.2) is 0 Å². The van der Waals surface area contributed by atoms with Crippen LogP contribution in [0.25, 0.3) is 0 Å². The Morgan fingerprint density at radius 2 is 1.73 bits per heavy atom. The van der Waals surface area contributed by atoms with Crippen molar-refractivity contribution in [1.29, 1.82) is 0 Å². The third-order valence-corrected chi connectivity index (χ3v) is 2.58. The number of urea groups is 1. The Morgan fingerprint density at radius 1 is 1.27 bits per heavy atom. The Labute approximate surface area is 97.0 Å². The number of amides is 2. The molecule has 5 heteroatoms. The van der Waals surface area contributed by atoms with E-state index in [4.69, 9.17) is 18.0 Å². The van der Waals surface area contributed by atoms with Crippen molar-refractivity contribution < 1.29 is 4.79 Å². The van der Waals surface area contributed by atoms with Crippen LogP contribution in [0.4, 0.5) is 4.79 Å². The van der Waals surface area contributed by atoms with Crippen molar-refractivity contribution in [3.05, 3.63) is 0 Å². The van der Waals surface area contributed by atoms with E-state index in [-0.39, 0.29) is 11.6 Å². The van der Waals surface area contributed by atoms with Crippen LogP contribution in [0.15, 0.2) is 0 Å². The lowest BCUT2D eigenvalue weighted by molar-refractivity contribution is 0.225. The van der Waals surface area contributed by atoms with Gasteiger partial charge in [0.1, 0.15) is 0 Å². The van der Waals surface area contributed by atoms with Crippen molar-refractivity contribution in [2.24, 2.45) is 5.73 Å². The second-order valence-electron chi connectivity index (χ2n) is 4.88. The van der Waals surface area contributed by atoms with Gasteiger partial charge < -0.3 is 16.4 Å². The van der Waals surface area contributed by atoms with Gasteiger partial charge in [-0.05, 0) is 34.1 Å². The fourth-order valence-corrected chi connectivity index (χ4v) is 1.14. The molecule has 4 nitrogen and oxygen atoms in total. The zero-order chi connectivity index (χ0) is 12.3. The molecule has 1 atom stereocenters. The number of nitrogens with two attached hydrogens (primary N) is 1. The Kier molecular flexibility index (Phi) is 4.52. The molecule has 2 amide bonds. The Morgan fingerprint density at radius 3 is 2.00 bits per heavy atom. The average Bonchev–Trinajstić information content (AvgIpc) is 1.99. The maximum absolute atomic E-state index is 11.6. The molecule has 88 valence electrons. The highest BCUT2D eigenvalue weighted by molar-refractivity contribution is 7.80. The lowest BCUT2D eigenvalue weighted by Gasteiger charge is -2.30. The van der Waals surface area contributed by atoms with Crippen LogP contribution < -0.4 is 16.4 Å². The van der Waals surface area contributed by atoms with E-state index in [0.29, 0.717) is 11.4 Å². The van der Waals surface area contributed by atoms with Crippen LogP contribution in [0.2, 0.25) is 0 Å². The molecule has 0 radical (unpaired) electrons. The molecule has 0 aromatic carbocycles. The number of carbonyl (C=O) groups is 1. The SMILES string of the molecule is CCC(C)(NC(=O)NC(C)(C)C)C(N)=S. The lowest BCUT2D eigenvalue weighted by atomic mass is 9.99. The first kappa shape index (κ1) is 14.2. The molecule has 0 aliphatic heterocycles. The topological polar surface area (TPSA) is 67.2 Å². The summed E-state index contributed by atoms with van der Waals surface area (Å²) in [5, 5.41) is 5.58. The highest BCUT2D eigenvalue weighted by atomic mass is 32.1. The summed E-state index contributed by atoms with van der Waals surface area (Å²) in [6, 6.07) is -0.250. The maximum Gasteiger partial charge on any atom is 0.315 e. The van der Waals surface area contributed by atoms with Gasteiger partial charge in [-0.25, -0.2) is 4.79 Å².